The van der Waals surface area contributed by atoms with Gasteiger partial charge in [0.05, 0.1) is 13.2 Å². The van der Waals surface area contributed by atoms with Crippen molar-refractivity contribution in [3.63, 3.8) is 0 Å². The Labute approximate surface area is 157 Å². The van der Waals surface area contributed by atoms with Gasteiger partial charge in [-0.1, -0.05) is 6.07 Å². The van der Waals surface area contributed by atoms with Crippen molar-refractivity contribution in [2.24, 2.45) is 5.73 Å². The van der Waals surface area contributed by atoms with Crippen LogP contribution in [0.5, 0.6) is 5.75 Å². The number of rotatable bonds is 5. The summed E-state index contributed by atoms with van der Waals surface area (Å²) in [6.45, 7) is 2.15. The Hall–Kier alpha value is -2.68. The maximum absolute atomic E-state index is 10.1. The quantitative estimate of drug-likeness (QED) is 0.625. The number of nitrogens with one attached hydrogen (secondary N) is 1. The highest BCUT2D eigenvalue weighted by Crippen LogP contribution is 2.26. The molecule has 8 nitrogen and oxygen atoms in total. The largest absolute Gasteiger partial charge is 0.497 e. The molecule has 2 aromatic heterocycles. The van der Waals surface area contributed by atoms with E-state index in [4.69, 9.17) is 10.5 Å². The summed E-state index contributed by atoms with van der Waals surface area (Å²) in [6, 6.07) is 9.62. The average molecular weight is 368 g/mol. The summed E-state index contributed by atoms with van der Waals surface area (Å²) in [7, 11) is 1.64. The molecule has 27 heavy (non-hydrogen) atoms. The van der Waals surface area contributed by atoms with Crippen LogP contribution < -0.4 is 15.8 Å². The molecule has 3 heterocycles. The molecule has 0 bridgehead atoms. The minimum Gasteiger partial charge on any atom is -0.497 e. The lowest BCUT2D eigenvalue weighted by atomic mass is 10.0. The van der Waals surface area contributed by atoms with Gasteiger partial charge in [0.15, 0.2) is 5.82 Å². The summed E-state index contributed by atoms with van der Waals surface area (Å²) < 4.78 is 7.11. The molecule has 2 atom stereocenters. The van der Waals surface area contributed by atoms with Crippen LogP contribution >= 0.6 is 0 Å². The summed E-state index contributed by atoms with van der Waals surface area (Å²) in [5.74, 6) is 1.51. The van der Waals surface area contributed by atoms with E-state index < -0.39 is 6.10 Å². The number of fused-ring (bicyclic) bond motifs is 1. The second-order valence-electron chi connectivity index (χ2n) is 6.85. The first-order valence-corrected chi connectivity index (χ1v) is 9.02. The molecule has 142 valence electrons. The van der Waals surface area contributed by atoms with E-state index in [1.165, 1.54) is 6.33 Å². The van der Waals surface area contributed by atoms with Gasteiger partial charge in [-0.2, -0.15) is 5.10 Å². The number of nitrogens with two attached hydrogens (primary N) is 1. The third kappa shape index (κ3) is 3.73. The fourth-order valence-electron chi connectivity index (χ4n) is 3.47. The highest BCUT2D eigenvalue weighted by molar-refractivity contribution is 5.76. The van der Waals surface area contributed by atoms with Crippen LogP contribution in [0.2, 0.25) is 0 Å². The summed E-state index contributed by atoms with van der Waals surface area (Å²) in [4.78, 5) is 6.65. The number of hydrogen-bond acceptors (Lipinski definition) is 7. The summed E-state index contributed by atoms with van der Waals surface area (Å²) in [5, 5.41) is 17.7. The predicted octanol–water partition coefficient (Wildman–Crippen LogP) is 1.38. The minimum atomic E-state index is -0.488. The number of nitrogens with zero attached hydrogens (tertiary/aromatic N) is 4. The zero-order valence-electron chi connectivity index (χ0n) is 15.2. The number of anilines is 2. The number of aliphatic hydroxyl groups excluding tert-OH is 1. The fraction of sp³-hybridized carbons (Fsp3) is 0.368. The number of piperidine rings is 1. The van der Waals surface area contributed by atoms with Gasteiger partial charge in [-0.25, -0.2) is 9.50 Å². The molecule has 1 aliphatic heterocycles. The molecule has 1 fully saturated rings. The first kappa shape index (κ1) is 17.7. The molecule has 1 saturated heterocycles. The monoisotopic (exact) mass is 368 g/mol. The molecule has 4 N–H and O–H groups in total. The van der Waals surface area contributed by atoms with Crippen molar-refractivity contribution in [3.05, 3.63) is 48.4 Å². The zero-order chi connectivity index (χ0) is 18.8. The van der Waals surface area contributed by atoms with E-state index in [0.29, 0.717) is 13.1 Å². The van der Waals surface area contributed by atoms with Crippen LogP contribution in [0, 0.1) is 0 Å². The lowest BCUT2D eigenvalue weighted by Gasteiger charge is -2.33. The Morgan fingerprint density at radius 2 is 2.26 bits per heavy atom. The van der Waals surface area contributed by atoms with Crippen molar-refractivity contribution in [2.45, 2.75) is 25.1 Å². The Morgan fingerprint density at radius 1 is 1.37 bits per heavy atom. The molecule has 0 radical (unpaired) electrons. The Balaban J connectivity index is 1.61. The third-order valence-corrected chi connectivity index (χ3v) is 4.98. The second-order valence-corrected chi connectivity index (χ2v) is 6.85. The molecule has 0 aliphatic carbocycles. The Morgan fingerprint density at radius 3 is 3.07 bits per heavy atom. The number of benzene rings is 1. The topological polar surface area (TPSA) is 101 Å². The van der Waals surface area contributed by atoms with Gasteiger partial charge in [-0.05, 0) is 30.2 Å². The van der Waals surface area contributed by atoms with E-state index in [0.717, 1.165) is 41.3 Å². The van der Waals surface area contributed by atoms with Gasteiger partial charge in [0.2, 0.25) is 0 Å². The molecule has 1 aliphatic rings. The van der Waals surface area contributed by atoms with Gasteiger partial charge in [-0.3, -0.25) is 4.90 Å². The van der Waals surface area contributed by atoms with Crippen LogP contribution in [0.25, 0.3) is 5.52 Å². The molecule has 1 aromatic carbocycles. The average Bonchev–Trinajstić information content (AvgIpc) is 3.09. The molecular formula is C19H24N6O2. The maximum Gasteiger partial charge on any atom is 0.158 e. The van der Waals surface area contributed by atoms with Crippen LogP contribution in [0.4, 0.5) is 11.5 Å². The van der Waals surface area contributed by atoms with Gasteiger partial charge in [0.1, 0.15) is 17.6 Å². The van der Waals surface area contributed by atoms with Crippen molar-refractivity contribution in [3.8, 4) is 5.75 Å². The van der Waals surface area contributed by atoms with Gasteiger partial charge >= 0.3 is 0 Å². The van der Waals surface area contributed by atoms with E-state index in [9.17, 15) is 5.11 Å². The van der Waals surface area contributed by atoms with Crippen molar-refractivity contribution < 1.29 is 9.84 Å². The van der Waals surface area contributed by atoms with Crippen molar-refractivity contribution in [1.29, 1.82) is 0 Å². The number of aromatic nitrogens is 3. The normalized spacial score (nSPS) is 20.7. The van der Waals surface area contributed by atoms with Crippen LogP contribution in [0.1, 0.15) is 12.0 Å². The minimum absolute atomic E-state index is 0.138. The molecular weight excluding hydrogens is 344 g/mol. The fourth-order valence-corrected chi connectivity index (χ4v) is 3.47. The lowest BCUT2D eigenvalue weighted by Crippen LogP contribution is -2.50. The van der Waals surface area contributed by atoms with E-state index in [-0.39, 0.29) is 6.04 Å². The van der Waals surface area contributed by atoms with Crippen LogP contribution in [-0.2, 0) is 6.54 Å². The number of hydrogen-bond donors (Lipinski definition) is 3. The summed E-state index contributed by atoms with van der Waals surface area (Å²) in [5.41, 5.74) is 8.83. The van der Waals surface area contributed by atoms with Crippen molar-refractivity contribution in [1.82, 2.24) is 19.5 Å². The van der Waals surface area contributed by atoms with Crippen LogP contribution in [-0.4, -0.2) is 56.9 Å². The van der Waals surface area contributed by atoms with Gasteiger partial charge < -0.3 is 20.9 Å². The number of β-amino-alcohol motifs (C(OH)–C–C–N with tert-alkyl or cyclic N) is 1. The smallest absolute Gasteiger partial charge is 0.158 e. The lowest BCUT2D eigenvalue weighted by molar-refractivity contribution is 0.0501. The number of ether oxygens (including phenoxy) is 1. The van der Waals surface area contributed by atoms with Gasteiger partial charge in [0, 0.05) is 43.6 Å². The second kappa shape index (κ2) is 7.51. The Kier molecular flexibility index (Phi) is 4.93. The number of methoxy groups -OCH3 is 1. The summed E-state index contributed by atoms with van der Waals surface area (Å²) >= 11 is 0. The SMILES string of the molecule is COc1cccc(Nc2ncnn3ccc(CN4CC[C@@H](N)[C@H](O)C4)c23)c1. The van der Waals surface area contributed by atoms with E-state index >= 15 is 0 Å². The van der Waals surface area contributed by atoms with Crippen molar-refractivity contribution >= 4 is 17.0 Å². The highest BCUT2D eigenvalue weighted by atomic mass is 16.5. The van der Waals surface area contributed by atoms with E-state index in [1.807, 2.05) is 41.0 Å². The van der Waals surface area contributed by atoms with E-state index in [1.54, 1.807) is 7.11 Å². The molecule has 0 amide bonds. The first-order chi connectivity index (χ1) is 13.1. The van der Waals surface area contributed by atoms with Gasteiger partial charge in [0.25, 0.3) is 0 Å². The maximum atomic E-state index is 10.1. The van der Waals surface area contributed by atoms with Crippen LogP contribution in [0.15, 0.2) is 42.9 Å². The predicted molar refractivity (Wildman–Crippen MR) is 103 cm³/mol. The Bertz CT molecular complexity index is 927. The molecule has 3 aromatic rings. The molecule has 0 spiro atoms. The highest BCUT2D eigenvalue weighted by Gasteiger charge is 2.25. The van der Waals surface area contributed by atoms with Crippen molar-refractivity contribution in [2.75, 3.05) is 25.5 Å². The molecule has 8 heteroatoms. The number of aliphatic hydroxyl groups is 1. The van der Waals surface area contributed by atoms with Gasteiger partial charge in [-0.15, -0.1) is 0 Å². The first-order valence-electron chi connectivity index (χ1n) is 9.02. The number of likely N-dealkylation sites (tertiary alicyclic amines) is 1. The molecule has 0 saturated carbocycles. The molecule has 0 unspecified atom stereocenters. The van der Waals surface area contributed by atoms with Crippen LogP contribution in [0.3, 0.4) is 0 Å². The third-order valence-electron chi connectivity index (χ3n) is 4.98. The summed E-state index contributed by atoms with van der Waals surface area (Å²) in [6.07, 6.45) is 3.76. The standard InChI is InChI=1S/C19H24N6O2/c1-27-15-4-2-3-14(9-15)23-19-18-13(5-8-25(18)22-12-21-19)10-24-7-6-16(20)17(26)11-24/h2-5,8-9,12,16-17,26H,6-7,10-11,20H2,1H3,(H,21,22,23)/t16-,17-/m1/s1. The zero-order valence-corrected chi connectivity index (χ0v) is 15.2. The van der Waals surface area contributed by atoms with E-state index in [2.05, 4.69) is 20.3 Å². The molecule has 4 rings (SSSR count).